The number of fused-ring (bicyclic) bond motifs is 1. The number of nitrogens with zero attached hydrogens (tertiary/aromatic N) is 3. The van der Waals surface area contributed by atoms with Gasteiger partial charge >= 0.3 is 0 Å². The molecule has 5 heterocycles. The van der Waals surface area contributed by atoms with Crippen LogP contribution in [0.15, 0.2) is 39.4 Å². The first-order chi connectivity index (χ1) is 14.7. The summed E-state index contributed by atoms with van der Waals surface area (Å²) in [6.07, 6.45) is 0. The molecule has 0 amide bonds. The van der Waals surface area contributed by atoms with Crippen molar-refractivity contribution < 1.29 is 9.15 Å². The van der Waals surface area contributed by atoms with E-state index in [1.807, 2.05) is 19.1 Å². The van der Waals surface area contributed by atoms with Crippen LogP contribution < -0.4 is 5.32 Å². The van der Waals surface area contributed by atoms with Crippen LogP contribution in [0.5, 0.6) is 0 Å². The standard InChI is InChI=1S/C22H24N4O2S2/c1-14-5-6-17(28-14)15(2)23-21-20-16(18-4-3-11-29-18)13-30-22(20)25-19(24-21)12-26-7-9-27-10-8-26/h3-6,11,13,15H,7-10,12H2,1-2H3,(H,23,24,25)/t15-/m1/s1. The first kappa shape index (κ1) is 19.7. The molecule has 1 atom stereocenters. The molecule has 0 aromatic carbocycles. The van der Waals surface area contributed by atoms with E-state index in [1.54, 1.807) is 22.7 Å². The summed E-state index contributed by atoms with van der Waals surface area (Å²) < 4.78 is 11.3. The lowest BCUT2D eigenvalue weighted by Gasteiger charge is -2.26. The lowest BCUT2D eigenvalue weighted by molar-refractivity contribution is 0.0331. The lowest BCUT2D eigenvalue weighted by Crippen LogP contribution is -2.36. The second-order valence-electron chi connectivity index (χ2n) is 7.50. The second kappa shape index (κ2) is 8.47. The van der Waals surface area contributed by atoms with Gasteiger partial charge in [-0.05, 0) is 37.4 Å². The van der Waals surface area contributed by atoms with Gasteiger partial charge in [-0.2, -0.15) is 0 Å². The van der Waals surface area contributed by atoms with E-state index in [0.29, 0.717) is 0 Å². The van der Waals surface area contributed by atoms with E-state index in [1.165, 1.54) is 10.4 Å². The molecule has 4 aromatic rings. The summed E-state index contributed by atoms with van der Waals surface area (Å²) >= 11 is 3.42. The Hall–Kier alpha value is -2.26. The minimum atomic E-state index is 0.00382. The van der Waals surface area contributed by atoms with Gasteiger partial charge in [-0.3, -0.25) is 4.90 Å². The second-order valence-corrected chi connectivity index (χ2v) is 9.30. The zero-order valence-corrected chi connectivity index (χ0v) is 18.7. The molecule has 6 nitrogen and oxygen atoms in total. The first-order valence-corrected chi connectivity index (χ1v) is 11.9. The fourth-order valence-electron chi connectivity index (χ4n) is 3.70. The Kier molecular flexibility index (Phi) is 5.56. The Morgan fingerprint density at radius 2 is 2.03 bits per heavy atom. The van der Waals surface area contributed by atoms with Gasteiger partial charge in [0, 0.05) is 28.9 Å². The van der Waals surface area contributed by atoms with Crippen LogP contribution in [0, 0.1) is 6.92 Å². The van der Waals surface area contributed by atoms with Gasteiger partial charge in [0.2, 0.25) is 0 Å². The van der Waals surface area contributed by atoms with Crippen LogP contribution >= 0.6 is 22.7 Å². The third-order valence-corrected chi connectivity index (χ3v) is 7.05. The molecule has 1 fully saturated rings. The van der Waals surface area contributed by atoms with Gasteiger partial charge in [0.1, 0.15) is 28.0 Å². The van der Waals surface area contributed by atoms with Crippen molar-refractivity contribution in [2.75, 3.05) is 31.6 Å². The lowest BCUT2D eigenvalue weighted by atomic mass is 10.1. The molecule has 1 saturated heterocycles. The van der Waals surface area contributed by atoms with Gasteiger partial charge in [-0.25, -0.2) is 9.97 Å². The van der Waals surface area contributed by atoms with Gasteiger partial charge in [0.15, 0.2) is 0 Å². The van der Waals surface area contributed by atoms with Crippen molar-refractivity contribution in [3.63, 3.8) is 0 Å². The van der Waals surface area contributed by atoms with Crippen molar-refractivity contribution in [1.29, 1.82) is 0 Å². The number of ether oxygens (including phenoxy) is 1. The van der Waals surface area contributed by atoms with Crippen LogP contribution in [0.3, 0.4) is 0 Å². The molecule has 0 bridgehead atoms. The van der Waals surface area contributed by atoms with Crippen LogP contribution in [0.1, 0.15) is 30.3 Å². The number of furan rings is 1. The highest BCUT2D eigenvalue weighted by Gasteiger charge is 2.20. The topological polar surface area (TPSA) is 63.4 Å². The van der Waals surface area contributed by atoms with Crippen molar-refractivity contribution >= 4 is 38.7 Å². The quantitative estimate of drug-likeness (QED) is 0.437. The number of aryl methyl sites for hydroxylation is 1. The molecule has 0 spiro atoms. The highest BCUT2D eigenvalue weighted by atomic mass is 32.1. The summed E-state index contributed by atoms with van der Waals surface area (Å²) in [7, 11) is 0. The molecule has 0 aliphatic carbocycles. The molecule has 1 N–H and O–H groups in total. The van der Waals surface area contributed by atoms with Crippen LogP contribution in [0.2, 0.25) is 0 Å². The third kappa shape index (κ3) is 4.00. The number of nitrogens with one attached hydrogen (secondary N) is 1. The highest BCUT2D eigenvalue weighted by Crippen LogP contribution is 2.40. The molecule has 4 aromatic heterocycles. The van der Waals surface area contributed by atoms with Crippen LogP contribution in [0.25, 0.3) is 20.7 Å². The Morgan fingerprint density at radius 3 is 2.77 bits per heavy atom. The molecule has 1 aliphatic heterocycles. The number of rotatable bonds is 6. The number of anilines is 1. The highest BCUT2D eigenvalue weighted by molar-refractivity contribution is 7.18. The molecule has 8 heteroatoms. The van der Waals surface area contributed by atoms with Gasteiger partial charge in [-0.1, -0.05) is 6.07 Å². The third-order valence-electron chi connectivity index (χ3n) is 5.28. The number of morpholine rings is 1. The average molecular weight is 441 g/mol. The number of thiophene rings is 2. The molecule has 5 rings (SSSR count). The summed E-state index contributed by atoms with van der Waals surface area (Å²) in [5.74, 6) is 3.53. The summed E-state index contributed by atoms with van der Waals surface area (Å²) in [4.78, 5) is 14.5. The van der Waals surface area contributed by atoms with Gasteiger partial charge < -0.3 is 14.5 Å². The number of hydrogen-bond acceptors (Lipinski definition) is 8. The molecule has 1 aliphatic rings. The zero-order chi connectivity index (χ0) is 20.5. The molecule has 30 heavy (non-hydrogen) atoms. The van der Waals surface area contributed by atoms with Crippen molar-refractivity contribution in [2.24, 2.45) is 0 Å². The monoisotopic (exact) mass is 440 g/mol. The van der Waals surface area contributed by atoms with Crippen LogP contribution in [-0.2, 0) is 11.3 Å². The van der Waals surface area contributed by atoms with Gasteiger partial charge in [0.05, 0.1) is 31.2 Å². The van der Waals surface area contributed by atoms with E-state index in [2.05, 4.69) is 40.0 Å². The largest absolute Gasteiger partial charge is 0.464 e. The smallest absolute Gasteiger partial charge is 0.146 e. The van der Waals surface area contributed by atoms with Crippen molar-refractivity contribution in [2.45, 2.75) is 26.4 Å². The summed E-state index contributed by atoms with van der Waals surface area (Å²) in [6, 6.07) is 8.25. The van der Waals surface area contributed by atoms with E-state index in [4.69, 9.17) is 19.1 Å². The predicted octanol–water partition coefficient (Wildman–Crippen LogP) is 5.33. The maximum absolute atomic E-state index is 5.84. The average Bonchev–Trinajstić information content (AvgIpc) is 3.49. The molecule has 156 valence electrons. The predicted molar refractivity (Wildman–Crippen MR) is 122 cm³/mol. The molecular formula is C22H24N4O2S2. The SMILES string of the molecule is Cc1ccc([C@@H](C)Nc2nc(CN3CCOCC3)nc3scc(-c4cccs4)c23)o1. The van der Waals surface area contributed by atoms with Crippen LogP contribution in [-0.4, -0.2) is 41.2 Å². The Labute approximate surface area is 183 Å². The Morgan fingerprint density at radius 1 is 1.17 bits per heavy atom. The molecule has 0 radical (unpaired) electrons. The molecule has 0 saturated carbocycles. The fourth-order valence-corrected chi connectivity index (χ4v) is 5.48. The minimum Gasteiger partial charge on any atom is -0.464 e. The van der Waals surface area contributed by atoms with E-state index < -0.39 is 0 Å². The fraction of sp³-hybridized carbons (Fsp3) is 0.364. The van der Waals surface area contributed by atoms with Crippen molar-refractivity contribution in [1.82, 2.24) is 14.9 Å². The van der Waals surface area contributed by atoms with Gasteiger partial charge in [0.25, 0.3) is 0 Å². The van der Waals surface area contributed by atoms with E-state index in [-0.39, 0.29) is 6.04 Å². The van der Waals surface area contributed by atoms with E-state index >= 15 is 0 Å². The maximum Gasteiger partial charge on any atom is 0.146 e. The van der Waals surface area contributed by atoms with Crippen molar-refractivity contribution in [3.05, 3.63) is 52.4 Å². The Balaban J connectivity index is 1.54. The molecular weight excluding hydrogens is 416 g/mol. The minimum absolute atomic E-state index is 0.00382. The normalized spacial score (nSPS) is 16.2. The zero-order valence-electron chi connectivity index (χ0n) is 17.1. The van der Waals surface area contributed by atoms with Crippen molar-refractivity contribution in [3.8, 4) is 10.4 Å². The Bertz CT molecular complexity index is 1130. The van der Waals surface area contributed by atoms with Crippen LogP contribution in [0.4, 0.5) is 5.82 Å². The first-order valence-electron chi connectivity index (χ1n) is 10.1. The maximum atomic E-state index is 5.84. The van der Waals surface area contributed by atoms with E-state index in [9.17, 15) is 0 Å². The summed E-state index contributed by atoms with van der Waals surface area (Å²) in [6.45, 7) is 8.16. The van der Waals surface area contributed by atoms with E-state index in [0.717, 1.165) is 66.2 Å². The number of hydrogen-bond donors (Lipinski definition) is 1. The molecule has 0 unspecified atom stereocenters. The summed E-state index contributed by atoms with van der Waals surface area (Å²) in [5, 5.41) is 8.99. The summed E-state index contributed by atoms with van der Waals surface area (Å²) in [5.41, 5.74) is 1.19. The van der Waals surface area contributed by atoms with Gasteiger partial charge in [-0.15, -0.1) is 22.7 Å². The number of aromatic nitrogens is 2.